The van der Waals surface area contributed by atoms with Crippen LogP contribution < -0.4 is 15.8 Å². The van der Waals surface area contributed by atoms with Crippen LogP contribution in [0.5, 0.6) is 0 Å². The van der Waals surface area contributed by atoms with Crippen molar-refractivity contribution in [3.05, 3.63) is 94.7 Å². The highest BCUT2D eigenvalue weighted by Gasteiger charge is 2.25. The van der Waals surface area contributed by atoms with E-state index in [1.54, 1.807) is 6.08 Å². The van der Waals surface area contributed by atoms with Gasteiger partial charge in [-0.05, 0) is 29.5 Å². The zero-order chi connectivity index (χ0) is 23.6. The van der Waals surface area contributed by atoms with Crippen LogP contribution >= 0.6 is 0 Å². The average Bonchev–Trinajstić information content (AvgIpc) is 3.16. The van der Waals surface area contributed by atoms with Gasteiger partial charge in [0.15, 0.2) is 12.3 Å². The molecule has 172 valence electrons. The molecule has 0 radical (unpaired) electrons. The zero-order valence-electron chi connectivity index (χ0n) is 19.0. The third-order valence-electron chi connectivity index (χ3n) is 5.13. The molecule has 7 nitrogen and oxygen atoms in total. The number of hydrogen-bond acceptors (Lipinski definition) is 4. The molecule has 3 aromatic rings. The third-order valence-corrected chi connectivity index (χ3v) is 5.13. The maximum absolute atomic E-state index is 12.9. The van der Waals surface area contributed by atoms with E-state index in [1.807, 2.05) is 74.5 Å². The van der Waals surface area contributed by atoms with Crippen molar-refractivity contribution in [1.82, 2.24) is 9.88 Å². The zero-order valence-corrected chi connectivity index (χ0v) is 19.0. The fraction of sp³-hybridized carbons (Fsp3) is 0.308. The number of aryl methyl sites for hydroxylation is 2. The first-order valence-electron chi connectivity index (χ1n) is 11.1. The average molecular weight is 449 g/mol. The Kier molecular flexibility index (Phi) is 8.52. The van der Waals surface area contributed by atoms with E-state index in [0.29, 0.717) is 19.4 Å². The number of carbonyl (C=O) groups is 2. The largest absolute Gasteiger partial charge is 0.549 e. The molecule has 1 amide bonds. The SMILES string of the molecule is CC(C)C[C@H](NC(=O)/C=C/c1ccccc1)C(=O)Cn1c[n+](CCc2ccccc2)oc1=O. The van der Waals surface area contributed by atoms with Crippen molar-refractivity contribution < 1.29 is 18.9 Å². The molecule has 7 heteroatoms. The summed E-state index contributed by atoms with van der Waals surface area (Å²) in [6.07, 6.45) is 5.79. The van der Waals surface area contributed by atoms with E-state index >= 15 is 0 Å². The lowest BCUT2D eigenvalue weighted by molar-refractivity contribution is -0.866. The number of hydrogen-bond donors (Lipinski definition) is 1. The first kappa shape index (κ1) is 23.9. The lowest BCUT2D eigenvalue weighted by atomic mass is 10.00. The predicted octanol–water partition coefficient (Wildman–Crippen LogP) is 2.78. The summed E-state index contributed by atoms with van der Waals surface area (Å²) in [6.45, 7) is 4.28. The van der Waals surface area contributed by atoms with Crippen LogP contribution in [-0.4, -0.2) is 22.3 Å². The number of benzene rings is 2. The Morgan fingerprint density at radius 2 is 1.73 bits per heavy atom. The minimum atomic E-state index is -0.697. The monoisotopic (exact) mass is 448 g/mol. The predicted molar refractivity (Wildman–Crippen MR) is 125 cm³/mol. The van der Waals surface area contributed by atoms with Gasteiger partial charge in [-0.25, -0.2) is 4.52 Å². The summed E-state index contributed by atoms with van der Waals surface area (Å²) in [5.41, 5.74) is 2.02. The van der Waals surface area contributed by atoms with Crippen LogP contribution in [0.15, 0.2) is 82.4 Å². The van der Waals surface area contributed by atoms with Crippen molar-refractivity contribution in [2.75, 3.05) is 0 Å². The number of ketones is 1. The Morgan fingerprint density at radius 1 is 1.06 bits per heavy atom. The highest BCUT2D eigenvalue weighted by molar-refractivity contribution is 5.96. The fourth-order valence-corrected chi connectivity index (χ4v) is 3.45. The van der Waals surface area contributed by atoms with E-state index in [2.05, 4.69) is 5.32 Å². The molecule has 1 aromatic heterocycles. The number of rotatable bonds is 11. The summed E-state index contributed by atoms with van der Waals surface area (Å²) in [6, 6.07) is 18.6. The van der Waals surface area contributed by atoms with E-state index in [4.69, 9.17) is 4.52 Å². The lowest BCUT2D eigenvalue weighted by Crippen LogP contribution is -2.43. The summed E-state index contributed by atoms with van der Waals surface area (Å²) in [7, 11) is 0. The molecular weight excluding hydrogens is 418 g/mol. The Morgan fingerprint density at radius 3 is 2.39 bits per heavy atom. The quantitative estimate of drug-likeness (QED) is 0.361. The number of amides is 1. The highest BCUT2D eigenvalue weighted by Crippen LogP contribution is 2.08. The van der Waals surface area contributed by atoms with Gasteiger partial charge in [0.1, 0.15) is 6.54 Å². The second-order valence-electron chi connectivity index (χ2n) is 8.38. The van der Waals surface area contributed by atoms with Gasteiger partial charge in [-0.15, -0.1) is 0 Å². The van der Waals surface area contributed by atoms with Crippen LogP contribution in [0.3, 0.4) is 0 Å². The van der Waals surface area contributed by atoms with Crippen LogP contribution in [0, 0.1) is 5.92 Å². The molecule has 1 atom stereocenters. The number of carbonyl (C=O) groups excluding carboxylic acids is 2. The van der Waals surface area contributed by atoms with Gasteiger partial charge >= 0.3 is 5.76 Å². The summed E-state index contributed by atoms with van der Waals surface area (Å²) in [4.78, 5) is 37.6. The van der Waals surface area contributed by atoms with Gasteiger partial charge in [0.05, 0.1) is 6.04 Å². The molecule has 0 fully saturated rings. The van der Waals surface area contributed by atoms with Gasteiger partial charge in [0.2, 0.25) is 5.91 Å². The molecule has 0 bridgehead atoms. The molecule has 0 spiro atoms. The van der Waals surface area contributed by atoms with Crippen LogP contribution in [0.2, 0.25) is 0 Å². The number of Topliss-reactive ketones (excluding diaryl/α,β-unsaturated/α-hetero) is 1. The molecule has 0 aliphatic carbocycles. The Hall–Kier alpha value is -3.74. The summed E-state index contributed by atoms with van der Waals surface area (Å²) in [5.74, 6) is -1.01. The van der Waals surface area contributed by atoms with E-state index in [0.717, 1.165) is 11.1 Å². The second-order valence-corrected chi connectivity index (χ2v) is 8.38. The standard InChI is InChI=1S/C26H29N3O4/c1-20(2)17-23(27-25(31)14-13-21-9-5-3-6-10-21)24(30)18-28-19-29(33-26(28)32)16-15-22-11-7-4-8-12-22/h3-14,19-20,23H,15-18H2,1-2H3/p+1/b14-13+/t23-/m0/s1. The molecule has 2 aromatic carbocycles. The van der Waals surface area contributed by atoms with Crippen LogP contribution in [0.4, 0.5) is 0 Å². The minimum Gasteiger partial charge on any atom is -0.343 e. The topological polar surface area (TPSA) is 85.2 Å². The van der Waals surface area contributed by atoms with Gasteiger partial charge in [0.25, 0.3) is 6.33 Å². The summed E-state index contributed by atoms with van der Waals surface area (Å²) < 4.78 is 7.91. The molecule has 0 saturated heterocycles. The van der Waals surface area contributed by atoms with Crippen molar-refractivity contribution >= 4 is 17.8 Å². The first-order chi connectivity index (χ1) is 15.9. The van der Waals surface area contributed by atoms with E-state index in [1.165, 1.54) is 21.7 Å². The van der Waals surface area contributed by atoms with Gasteiger partial charge in [-0.1, -0.05) is 79.3 Å². The molecule has 0 saturated carbocycles. The smallest absolute Gasteiger partial charge is 0.343 e. The molecule has 0 unspecified atom stereocenters. The van der Waals surface area contributed by atoms with Crippen molar-refractivity contribution in [1.29, 1.82) is 0 Å². The maximum Gasteiger partial charge on any atom is 0.549 e. The van der Waals surface area contributed by atoms with E-state index in [-0.39, 0.29) is 24.2 Å². The summed E-state index contributed by atoms with van der Waals surface area (Å²) in [5, 5.41) is 2.78. The molecule has 0 aliphatic heterocycles. The van der Waals surface area contributed by atoms with Crippen molar-refractivity contribution in [2.24, 2.45) is 5.92 Å². The van der Waals surface area contributed by atoms with Gasteiger partial charge in [-0.2, -0.15) is 9.36 Å². The van der Waals surface area contributed by atoms with Crippen LogP contribution in [0.1, 0.15) is 31.4 Å². The Bertz CT molecular complexity index is 1130. The fourth-order valence-electron chi connectivity index (χ4n) is 3.45. The van der Waals surface area contributed by atoms with Crippen molar-refractivity contribution in [3.63, 3.8) is 0 Å². The molecule has 1 N–H and O–H groups in total. The molecule has 33 heavy (non-hydrogen) atoms. The van der Waals surface area contributed by atoms with E-state index < -0.39 is 11.8 Å². The van der Waals surface area contributed by atoms with Crippen molar-refractivity contribution in [3.8, 4) is 0 Å². The van der Waals surface area contributed by atoms with E-state index in [9.17, 15) is 14.4 Å². The molecular formula is C26H30N3O4+. The van der Waals surface area contributed by atoms with Crippen LogP contribution in [-0.2, 0) is 29.1 Å². The van der Waals surface area contributed by atoms with Crippen LogP contribution in [0.25, 0.3) is 6.08 Å². The second kappa shape index (κ2) is 11.8. The highest BCUT2D eigenvalue weighted by atomic mass is 16.5. The Labute approximate surface area is 193 Å². The van der Waals surface area contributed by atoms with Gasteiger partial charge < -0.3 is 5.32 Å². The summed E-state index contributed by atoms with van der Waals surface area (Å²) >= 11 is 0. The number of aromatic nitrogens is 2. The number of nitrogens with one attached hydrogen (secondary N) is 1. The molecule has 3 rings (SSSR count). The molecule has 0 aliphatic rings. The maximum atomic E-state index is 12.9. The lowest BCUT2D eigenvalue weighted by Gasteiger charge is -2.17. The van der Waals surface area contributed by atoms with Crippen molar-refractivity contribution in [2.45, 2.75) is 45.8 Å². The van der Waals surface area contributed by atoms with Gasteiger partial charge in [-0.3, -0.25) is 9.59 Å². The Balaban J connectivity index is 1.62. The normalized spacial score (nSPS) is 12.2. The first-order valence-corrected chi connectivity index (χ1v) is 11.1. The third kappa shape index (κ3) is 7.71. The minimum absolute atomic E-state index is 0.166. The number of nitrogens with zero attached hydrogens (tertiary/aromatic N) is 2. The molecule has 1 heterocycles. The van der Waals surface area contributed by atoms with Gasteiger partial charge in [0, 0.05) is 12.5 Å².